The first-order valence-electron chi connectivity index (χ1n) is 7.65. The molecule has 7 heteroatoms. The van der Waals surface area contributed by atoms with Crippen molar-refractivity contribution in [2.75, 3.05) is 19.7 Å². The molecule has 2 N–H and O–H groups in total. The lowest BCUT2D eigenvalue weighted by atomic mass is 10.1. The van der Waals surface area contributed by atoms with Crippen molar-refractivity contribution < 1.29 is 19.1 Å². The molecule has 0 bridgehead atoms. The van der Waals surface area contributed by atoms with E-state index in [2.05, 4.69) is 0 Å². The smallest absolute Gasteiger partial charge is 0.410 e. The average Bonchev–Trinajstić information content (AvgIpc) is 3.16. The van der Waals surface area contributed by atoms with Gasteiger partial charge in [-0.2, -0.15) is 0 Å². The van der Waals surface area contributed by atoms with Crippen LogP contribution < -0.4 is 5.73 Å². The summed E-state index contributed by atoms with van der Waals surface area (Å²) < 4.78 is 5.09. The maximum absolute atomic E-state index is 12.5. The van der Waals surface area contributed by atoms with Crippen LogP contribution in [0.1, 0.15) is 24.4 Å². The number of benzene rings is 1. The topological polar surface area (TPSA) is 92.9 Å². The molecule has 1 aromatic carbocycles. The number of cyclic esters (lactones) is 1. The molecule has 2 atom stereocenters. The Morgan fingerprint density at radius 2 is 2.00 bits per heavy atom. The molecule has 3 amide bonds. The highest BCUT2D eigenvalue weighted by Gasteiger charge is 2.39. The summed E-state index contributed by atoms with van der Waals surface area (Å²) in [5.41, 5.74) is 6.26. The molecular formula is C16H19N3O4. The Balaban J connectivity index is 1.73. The third-order valence-electron chi connectivity index (χ3n) is 4.37. The van der Waals surface area contributed by atoms with Crippen molar-refractivity contribution in [2.45, 2.75) is 24.9 Å². The minimum Gasteiger partial charge on any atom is -0.447 e. The van der Waals surface area contributed by atoms with Gasteiger partial charge >= 0.3 is 6.09 Å². The summed E-state index contributed by atoms with van der Waals surface area (Å²) >= 11 is 0. The highest BCUT2D eigenvalue weighted by atomic mass is 16.6. The quantitative estimate of drug-likeness (QED) is 0.882. The summed E-state index contributed by atoms with van der Waals surface area (Å²) in [6.07, 6.45) is 0.807. The molecule has 2 heterocycles. The second kappa shape index (κ2) is 6.28. The van der Waals surface area contributed by atoms with Gasteiger partial charge < -0.3 is 15.4 Å². The zero-order chi connectivity index (χ0) is 16.4. The number of hydrogen-bond donors (Lipinski definition) is 1. The predicted octanol–water partition coefficient (Wildman–Crippen LogP) is 0.656. The Labute approximate surface area is 134 Å². The van der Waals surface area contributed by atoms with Gasteiger partial charge in [-0.1, -0.05) is 30.3 Å². The van der Waals surface area contributed by atoms with Crippen LogP contribution in [0.3, 0.4) is 0 Å². The van der Waals surface area contributed by atoms with Crippen molar-refractivity contribution in [1.29, 1.82) is 0 Å². The zero-order valence-corrected chi connectivity index (χ0v) is 12.7. The lowest BCUT2D eigenvalue weighted by Crippen LogP contribution is -2.48. The Morgan fingerprint density at radius 1 is 1.26 bits per heavy atom. The minimum atomic E-state index is -0.573. The molecule has 1 unspecified atom stereocenters. The predicted molar refractivity (Wildman–Crippen MR) is 81.2 cm³/mol. The number of ether oxygens (including phenoxy) is 1. The number of amides is 3. The van der Waals surface area contributed by atoms with Crippen LogP contribution in [0.4, 0.5) is 4.79 Å². The summed E-state index contributed by atoms with van der Waals surface area (Å²) in [4.78, 5) is 38.8. The van der Waals surface area contributed by atoms with Crippen LogP contribution in [0.2, 0.25) is 0 Å². The first kappa shape index (κ1) is 15.3. The van der Waals surface area contributed by atoms with E-state index in [1.54, 1.807) is 0 Å². The normalized spacial score (nSPS) is 23.9. The SMILES string of the molecule is NC(=O)C1CCCN1C(=O)CN1C(=O)OC[C@H]1c1ccccc1. The van der Waals surface area contributed by atoms with Gasteiger partial charge in [-0.15, -0.1) is 0 Å². The maximum Gasteiger partial charge on any atom is 0.410 e. The van der Waals surface area contributed by atoms with Crippen LogP contribution in [-0.2, 0) is 14.3 Å². The number of likely N-dealkylation sites (tertiary alicyclic amines) is 1. The van der Waals surface area contributed by atoms with E-state index in [1.165, 1.54) is 9.80 Å². The van der Waals surface area contributed by atoms with E-state index in [4.69, 9.17) is 10.5 Å². The third kappa shape index (κ3) is 2.99. The van der Waals surface area contributed by atoms with Crippen molar-refractivity contribution in [3.63, 3.8) is 0 Å². The second-order valence-corrected chi connectivity index (χ2v) is 5.78. The zero-order valence-electron chi connectivity index (χ0n) is 12.7. The average molecular weight is 317 g/mol. The van der Waals surface area contributed by atoms with Crippen molar-refractivity contribution in [1.82, 2.24) is 9.80 Å². The van der Waals surface area contributed by atoms with E-state index in [9.17, 15) is 14.4 Å². The Kier molecular flexibility index (Phi) is 4.18. The molecule has 23 heavy (non-hydrogen) atoms. The molecule has 122 valence electrons. The molecule has 2 aliphatic rings. The lowest BCUT2D eigenvalue weighted by Gasteiger charge is -2.26. The molecule has 0 aliphatic carbocycles. The summed E-state index contributed by atoms with van der Waals surface area (Å²) in [6, 6.07) is 8.57. The van der Waals surface area contributed by atoms with E-state index >= 15 is 0 Å². The van der Waals surface area contributed by atoms with Gasteiger partial charge in [0.05, 0.1) is 6.04 Å². The first-order chi connectivity index (χ1) is 11.1. The first-order valence-corrected chi connectivity index (χ1v) is 7.65. The monoisotopic (exact) mass is 317 g/mol. The fraction of sp³-hybridized carbons (Fsp3) is 0.438. The number of nitrogens with zero attached hydrogens (tertiary/aromatic N) is 2. The van der Waals surface area contributed by atoms with Gasteiger partial charge in [0, 0.05) is 6.54 Å². The van der Waals surface area contributed by atoms with E-state index in [-0.39, 0.29) is 25.1 Å². The summed E-state index contributed by atoms with van der Waals surface area (Å²) in [5.74, 6) is -0.773. The number of nitrogens with two attached hydrogens (primary N) is 1. The third-order valence-corrected chi connectivity index (χ3v) is 4.37. The number of rotatable bonds is 4. The Bertz CT molecular complexity index is 619. The van der Waals surface area contributed by atoms with Crippen molar-refractivity contribution in [2.24, 2.45) is 5.73 Å². The van der Waals surface area contributed by atoms with E-state index in [0.29, 0.717) is 13.0 Å². The minimum absolute atomic E-state index is 0.109. The lowest BCUT2D eigenvalue weighted by molar-refractivity contribution is -0.137. The van der Waals surface area contributed by atoms with E-state index < -0.39 is 18.0 Å². The van der Waals surface area contributed by atoms with Crippen LogP contribution in [0, 0.1) is 0 Å². The van der Waals surface area contributed by atoms with Crippen LogP contribution >= 0.6 is 0 Å². The standard InChI is InChI=1S/C16H19N3O4/c17-15(21)12-7-4-8-18(12)14(20)9-19-13(10-23-16(19)22)11-5-2-1-3-6-11/h1-3,5-6,12-13H,4,7-10H2,(H2,17,21)/t12?,13-/m0/s1. The van der Waals surface area contributed by atoms with Crippen molar-refractivity contribution >= 4 is 17.9 Å². The van der Waals surface area contributed by atoms with Gasteiger partial charge in [-0.3, -0.25) is 14.5 Å². The van der Waals surface area contributed by atoms with Crippen LogP contribution in [0.5, 0.6) is 0 Å². The summed E-state index contributed by atoms with van der Waals surface area (Å²) in [7, 11) is 0. The molecule has 1 aromatic rings. The Morgan fingerprint density at radius 3 is 2.70 bits per heavy atom. The van der Waals surface area contributed by atoms with E-state index in [0.717, 1.165) is 12.0 Å². The number of carbonyl (C=O) groups excluding carboxylic acids is 3. The molecule has 0 saturated carbocycles. The van der Waals surface area contributed by atoms with E-state index in [1.807, 2.05) is 30.3 Å². The molecule has 2 fully saturated rings. The largest absolute Gasteiger partial charge is 0.447 e. The number of primary amides is 1. The highest BCUT2D eigenvalue weighted by molar-refractivity contribution is 5.89. The van der Waals surface area contributed by atoms with Crippen LogP contribution in [0.25, 0.3) is 0 Å². The maximum atomic E-state index is 12.5. The molecule has 0 radical (unpaired) electrons. The molecule has 0 spiro atoms. The highest BCUT2D eigenvalue weighted by Crippen LogP contribution is 2.28. The number of hydrogen-bond acceptors (Lipinski definition) is 4. The molecule has 0 aromatic heterocycles. The van der Waals surface area contributed by atoms with Crippen molar-refractivity contribution in [3.05, 3.63) is 35.9 Å². The summed E-state index contributed by atoms with van der Waals surface area (Å²) in [5, 5.41) is 0. The Hall–Kier alpha value is -2.57. The molecule has 2 saturated heterocycles. The van der Waals surface area contributed by atoms with Gasteiger partial charge in [0.25, 0.3) is 0 Å². The summed E-state index contributed by atoms with van der Waals surface area (Å²) in [6.45, 7) is 0.600. The van der Waals surface area contributed by atoms with Gasteiger partial charge in [0.1, 0.15) is 19.2 Å². The van der Waals surface area contributed by atoms with Gasteiger partial charge in [0.15, 0.2) is 0 Å². The molecule has 3 rings (SSSR count). The molecule has 7 nitrogen and oxygen atoms in total. The van der Waals surface area contributed by atoms with Crippen LogP contribution in [0.15, 0.2) is 30.3 Å². The van der Waals surface area contributed by atoms with Gasteiger partial charge in [-0.25, -0.2) is 4.79 Å². The number of carbonyl (C=O) groups is 3. The molecular weight excluding hydrogens is 298 g/mol. The van der Waals surface area contributed by atoms with Crippen molar-refractivity contribution in [3.8, 4) is 0 Å². The van der Waals surface area contributed by atoms with Gasteiger partial charge in [-0.05, 0) is 18.4 Å². The fourth-order valence-corrected chi connectivity index (χ4v) is 3.17. The van der Waals surface area contributed by atoms with Crippen LogP contribution in [-0.4, -0.2) is 53.4 Å². The van der Waals surface area contributed by atoms with Gasteiger partial charge in [0.2, 0.25) is 11.8 Å². The molecule has 2 aliphatic heterocycles. The second-order valence-electron chi connectivity index (χ2n) is 5.78. The fourth-order valence-electron chi connectivity index (χ4n) is 3.17.